The van der Waals surface area contributed by atoms with Gasteiger partial charge in [-0.2, -0.15) is 0 Å². The number of hydrogen-bond acceptors (Lipinski definition) is 7. The maximum absolute atomic E-state index is 13.8. The van der Waals surface area contributed by atoms with Gasteiger partial charge in [0.1, 0.15) is 18.3 Å². The molecule has 1 aliphatic carbocycles. The Balaban J connectivity index is 1.62. The zero-order valence-electron chi connectivity index (χ0n) is 22.0. The van der Waals surface area contributed by atoms with Crippen molar-refractivity contribution in [3.63, 3.8) is 0 Å². The molecule has 0 radical (unpaired) electrons. The first-order valence-corrected chi connectivity index (χ1v) is 14.6. The Morgan fingerprint density at radius 1 is 1.08 bits per heavy atom. The monoisotopic (exact) mass is 545 g/mol. The van der Waals surface area contributed by atoms with Gasteiger partial charge in [0.2, 0.25) is 28.6 Å². The number of sulfonamides is 1. The van der Waals surface area contributed by atoms with Crippen LogP contribution >= 0.6 is 0 Å². The molecule has 4 rings (SSSR count). The maximum Gasteiger partial charge on any atom is 0.244 e. The van der Waals surface area contributed by atoms with E-state index < -0.39 is 28.5 Å². The van der Waals surface area contributed by atoms with Crippen molar-refractivity contribution in [3.8, 4) is 17.2 Å². The largest absolute Gasteiger partial charge is 0.497 e. The van der Waals surface area contributed by atoms with Crippen LogP contribution in [0.25, 0.3) is 0 Å². The van der Waals surface area contributed by atoms with Gasteiger partial charge in [0.05, 0.1) is 19.1 Å². The topological polar surface area (TPSA) is 114 Å². The van der Waals surface area contributed by atoms with Gasteiger partial charge in [-0.05, 0) is 49.1 Å². The molecule has 2 aromatic rings. The molecule has 1 heterocycles. The van der Waals surface area contributed by atoms with Crippen LogP contribution in [0.5, 0.6) is 17.2 Å². The first-order valence-electron chi connectivity index (χ1n) is 12.8. The highest BCUT2D eigenvalue weighted by atomic mass is 32.2. The SMILES string of the molecule is CC[C@@H](C(=O)NC1CCCC1)N(Cc1ccc(OC)cc1)C(=O)CN(c1ccc2c(c1)OCO2)S(C)(=O)=O. The molecule has 2 aromatic carbocycles. The van der Waals surface area contributed by atoms with Crippen molar-refractivity contribution in [1.82, 2.24) is 10.2 Å². The molecule has 1 atom stereocenters. The normalized spacial score (nSPS) is 15.7. The van der Waals surface area contributed by atoms with E-state index in [0.717, 1.165) is 41.8 Å². The van der Waals surface area contributed by atoms with Crippen molar-refractivity contribution in [3.05, 3.63) is 48.0 Å². The smallest absolute Gasteiger partial charge is 0.244 e. The number of benzene rings is 2. The van der Waals surface area contributed by atoms with Crippen molar-refractivity contribution in [2.75, 3.05) is 31.0 Å². The third-order valence-corrected chi connectivity index (χ3v) is 8.06. The molecule has 38 heavy (non-hydrogen) atoms. The minimum Gasteiger partial charge on any atom is -0.497 e. The van der Waals surface area contributed by atoms with Gasteiger partial charge >= 0.3 is 0 Å². The number of methoxy groups -OCH3 is 1. The average molecular weight is 546 g/mol. The summed E-state index contributed by atoms with van der Waals surface area (Å²) in [6.45, 7) is 1.56. The molecular formula is C27H35N3O7S. The Kier molecular flexibility index (Phi) is 8.65. The Bertz CT molecular complexity index is 1240. The molecule has 0 aromatic heterocycles. The minimum absolute atomic E-state index is 0.0422. The zero-order chi connectivity index (χ0) is 27.3. The molecule has 1 N–H and O–H groups in total. The molecule has 0 saturated heterocycles. The van der Waals surface area contributed by atoms with Crippen LogP contribution in [0.4, 0.5) is 5.69 Å². The van der Waals surface area contributed by atoms with Crippen molar-refractivity contribution in [2.45, 2.75) is 57.7 Å². The van der Waals surface area contributed by atoms with E-state index in [0.29, 0.717) is 23.7 Å². The van der Waals surface area contributed by atoms with Crippen molar-refractivity contribution in [2.24, 2.45) is 0 Å². The quantitative estimate of drug-likeness (QED) is 0.462. The molecule has 11 heteroatoms. The molecule has 0 spiro atoms. The number of hydrogen-bond donors (Lipinski definition) is 1. The third kappa shape index (κ3) is 6.50. The molecule has 0 bridgehead atoms. The number of carbonyl (C=O) groups excluding carboxylic acids is 2. The predicted octanol–water partition coefficient (Wildman–Crippen LogP) is 3.06. The Labute approximate surface area is 223 Å². The van der Waals surface area contributed by atoms with E-state index in [2.05, 4.69) is 5.32 Å². The van der Waals surface area contributed by atoms with Crippen LogP contribution in [0.2, 0.25) is 0 Å². The fourth-order valence-electron chi connectivity index (χ4n) is 4.87. The summed E-state index contributed by atoms with van der Waals surface area (Å²) >= 11 is 0. The zero-order valence-corrected chi connectivity index (χ0v) is 22.8. The summed E-state index contributed by atoms with van der Waals surface area (Å²) in [5.74, 6) is 0.863. The number of fused-ring (bicyclic) bond motifs is 1. The number of amides is 2. The Hall–Kier alpha value is -3.47. The Morgan fingerprint density at radius 2 is 1.76 bits per heavy atom. The van der Waals surface area contributed by atoms with Gasteiger partial charge in [-0.25, -0.2) is 8.42 Å². The number of nitrogens with zero attached hydrogens (tertiary/aromatic N) is 2. The molecule has 1 fully saturated rings. The van der Waals surface area contributed by atoms with Crippen LogP contribution in [-0.2, 0) is 26.2 Å². The fraction of sp³-hybridized carbons (Fsp3) is 0.481. The van der Waals surface area contributed by atoms with Gasteiger partial charge in [-0.3, -0.25) is 13.9 Å². The summed E-state index contributed by atoms with van der Waals surface area (Å²) in [6, 6.07) is 11.3. The highest BCUT2D eigenvalue weighted by Gasteiger charge is 2.33. The summed E-state index contributed by atoms with van der Waals surface area (Å²) in [5.41, 5.74) is 1.07. The van der Waals surface area contributed by atoms with Gasteiger partial charge in [0.15, 0.2) is 11.5 Å². The number of ether oxygens (including phenoxy) is 3. The van der Waals surface area contributed by atoms with Gasteiger partial charge in [0.25, 0.3) is 0 Å². The summed E-state index contributed by atoms with van der Waals surface area (Å²) in [6.07, 6.45) is 5.39. The van der Waals surface area contributed by atoms with Gasteiger partial charge in [0, 0.05) is 18.7 Å². The van der Waals surface area contributed by atoms with Gasteiger partial charge in [-0.1, -0.05) is 31.9 Å². The van der Waals surface area contributed by atoms with Crippen LogP contribution in [0.1, 0.15) is 44.6 Å². The summed E-state index contributed by atoms with van der Waals surface area (Å²) < 4.78 is 42.6. The van der Waals surface area contributed by atoms with E-state index in [1.165, 1.54) is 11.0 Å². The summed E-state index contributed by atoms with van der Waals surface area (Å²) in [5, 5.41) is 3.10. The molecule has 0 unspecified atom stereocenters. The molecular weight excluding hydrogens is 510 g/mol. The van der Waals surface area contributed by atoms with Crippen LogP contribution < -0.4 is 23.8 Å². The number of anilines is 1. The van der Waals surface area contributed by atoms with Crippen LogP contribution in [-0.4, -0.2) is 63.9 Å². The second-order valence-corrected chi connectivity index (χ2v) is 11.5. The van der Waals surface area contributed by atoms with E-state index >= 15 is 0 Å². The highest BCUT2D eigenvalue weighted by Crippen LogP contribution is 2.36. The van der Waals surface area contributed by atoms with Crippen molar-refractivity contribution >= 4 is 27.5 Å². The molecule has 1 saturated carbocycles. The standard InChI is InChI=1S/C27H35N3O7S/c1-4-23(27(32)28-20-7-5-6-8-20)29(16-19-9-12-22(35-2)13-10-19)26(31)17-30(38(3,33)34)21-11-14-24-25(15-21)37-18-36-24/h9-15,20,23H,4-8,16-18H2,1-3H3,(H,28,32)/t23-/m0/s1. The summed E-state index contributed by atoms with van der Waals surface area (Å²) in [7, 11) is -2.27. The molecule has 2 amide bonds. The molecule has 206 valence electrons. The van der Waals surface area contributed by atoms with Gasteiger partial charge < -0.3 is 24.4 Å². The maximum atomic E-state index is 13.8. The van der Waals surface area contributed by atoms with E-state index in [4.69, 9.17) is 14.2 Å². The van der Waals surface area contributed by atoms with E-state index in [-0.39, 0.29) is 31.0 Å². The lowest BCUT2D eigenvalue weighted by Gasteiger charge is -2.33. The minimum atomic E-state index is -3.84. The molecule has 10 nitrogen and oxygen atoms in total. The van der Waals surface area contributed by atoms with E-state index in [9.17, 15) is 18.0 Å². The van der Waals surface area contributed by atoms with Crippen LogP contribution in [0.15, 0.2) is 42.5 Å². The van der Waals surface area contributed by atoms with Crippen LogP contribution in [0, 0.1) is 0 Å². The highest BCUT2D eigenvalue weighted by molar-refractivity contribution is 7.92. The fourth-order valence-corrected chi connectivity index (χ4v) is 5.71. The number of carbonyl (C=O) groups is 2. The molecule has 1 aliphatic heterocycles. The number of rotatable bonds is 11. The molecule has 2 aliphatic rings. The van der Waals surface area contributed by atoms with Crippen LogP contribution in [0.3, 0.4) is 0 Å². The second-order valence-electron chi connectivity index (χ2n) is 9.59. The van der Waals surface area contributed by atoms with E-state index in [1.54, 1.807) is 31.4 Å². The lowest BCUT2D eigenvalue weighted by atomic mass is 10.1. The first kappa shape index (κ1) is 27.6. The van der Waals surface area contributed by atoms with E-state index in [1.807, 2.05) is 19.1 Å². The lowest BCUT2D eigenvalue weighted by molar-refractivity contribution is -0.140. The number of nitrogens with one attached hydrogen (secondary N) is 1. The summed E-state index contributed by atoms with van der Waals surface area (Å²) in [4.78, 5) is 28.7. The average Bonchev–Trinajstić information content (AvgIpc) is 3.58. The second kappa shape index (κ2) is 11.9. The third-order valence-electron chi connectivity index (χ3n) is 6.92. The lowest BCUT2D eigenvalue weighted by Crippen LogP contribution is -2.53. The predicted molar refractivity (Wildman–Crippen MR) is 143 cm³/mol. The Morgan fingerprint density at radius 3 is 2.39 bits per heavy atom. The van der Waals surface area contributed by atoms with Gasteiger partial charge in [-0.15, -0.1) is 0 Å². The first-order chi connectivity index (χ1) is 18.2. The van der Waals surface area contributed by atoms with Crippen molar-refractivity contribution < 1.29 is 32.2 Å². The van der Waals surface area contributed by atoms with Crippen molar-refractivity contribution in [1.29, 1.82) is 0 Å².